The number of alkyl halides is 2. The van der Waals surface area contributed by atoms with Crippen LogP contribution >= 0.6 is 0 Å². The van der Waals surface area contributed by atoms with E-state index in [4.69, 9.17) is 0 Å². The number of pyridine rings is 1. The Labute approximate surface area is 163 Å². The van der Waals surface area contributed by atoms with Crippen molar-refractivity contribution < 1.29 is 27.1 Å². The van der Waals surface area contributed by atoms with Gasteiger partial charge in [0, 0.05) is 17.3 Å². The van der Waals surface area contributed by atoms with Gasteiger partial charge in [0.2, 0.25) is 0 Å². The Morgan fingerprint density at radius 2 is 1.86 bits per heavy atom. The second kappa shape index (κ2) is 6.88. The van der Waals surface area contributed by atoms with Gasteiger partial charge in [0.25, 0.3) is 5.91 Å². The topological polar surface area (TPSA) is 51.2 Å². The van der Waals surface area contributed by atoms with E-state index in [-0.39, 0.29) is 11.6 Å². The second-order valence-corrected chi connectivity index (χ2v) is 6.67. The van der Waals surface area contributed by atoms with Gasteiger partial charge in [-0.25, -0.2) is 13.8 Å². The van der Waals surface area contributed by atoms with Gasteiger partial charge in [-0.05, 0) is 54.4 Å². The van der Waals surface area contributed by atoms with Crippen LogP contribution < -0.4 is 10.1 Å². The molecule has 0 saturated carbocycles. The lowest BCUT2D eigenvalue weighted by Gasteiger charge is -2.10. The molecular formula is C21H14F4N2O2. The maximum absolute atomic E-state index is 13.7. The molecule has 148 valence electrons. The molecule has 0 radical (unpaired) electrons. The number of carbonyl (C=O) groups is 1. The van der Waals surface area contributed by atoms with Crippen molar-refractivity contribution in [3.63, 3.8) is 0 Å². The molecule has 2 heterocycles. The number of amides is 1. The minimum atomic E-state index is -3.22. The van der Waals surface area contributed by atoms with Gasteiger partial charge in [0.05, 0.1) is 6.42 Å². The van der Waals surface area contributed by atoms with Crippen molar-refractivity contribution >= 4 is 11.7 Å². The first-order valence-corrected chi connectivity index (χ1v) is 8.66. The van der Waals surface area contributed by atoms with Crippen molar-refractivity contribution in [2.45, 2.75) is 19.5 Å². The molecule has 0 aliphatic carbocycles. The number of nitrogens with one attached hydrogen (secondary N) is 1. The summed E-state index contributed by atoms with van der Waals surface area (Å²) < 4.78 is 58.9. The van der Waals surface area contributed by atoms with Crippen LogP contribution in [-0.4, -0.2) is 17.0 Å². The van der Waals surface area contributed by atoms with Crippen molar-refractivity contribution in [3.05, 3.63) is 77.0 Å². The fraction of sp³-hybridized carbons (Fsp3) is 0.143. The number of anilines is 1. The maximum atomic E-state index is 13.7. The van der Waals surface area contributed by atoms with Gasteiger partial charge in [-0.1, -0.05) is 6.07 Å². The van der Waals surface area contributed by atoms with Gasteiger partial charge in [0.15, 0.2) is 0 Å². The van der Waals surface area contributed by atoms with Crippen LogP contribution in [0.2, 0.25) is 0 Å². The summed E-state index contributed by atoms with van der Waals surface area (Å²) in [5, 5.41) is 2.34. The number of rotatable bonds is 3. The molecule has 0 bridgehead atoms. The lowest BCUT2D eigenvalue weighted by Crippen LogP contribution is -2.20. The van der Waals surface area contributed by atoms with Crippen LogP contribution in [0, 0.1) is 18.6 Å². The van der Waals surface area contributed by atoms with Gasteiger partial charge in [-0.3, -0.25) is 4.79 Å². The molecule has 0 saturated heterocycles. The normalized spacial score (nSPS) is 14.2. The van der Waals surface area contributed by atoms with Gasteiger partial charge >= 0.3 is 6.11 Å². The Hall–Kier alpha value is -3.42. The minimum Gasteiger partial charge on any atom is -0.432 e. The molecule has 3 aromatic rings. The SMILES string of the molecule is Cc1cc2c(cc1-c1ccc(NC(=O)c3c(F)cccc3F)nc1)CC(F)(F)O2. The zero-order valence-corrected chi connectivity index (χ0v) is 15.1. The monoisotopic (exact) mass is 402 g/mol. The third-order valence-electron chi connectivity index (χ3n) is 4.57. The number of fused-ring (bicyclic) bond motifs is 1. The van der Waals surface area contributed by atoms with Gasteiger partial charge in [-0.15, -0.1) is 0 Å². The predicted molar refractivity (Wildman–Crippen MR) is 98.0 cm³/mol. The van der Waals surface area contributed by atoms with Crippen molar-refractivity contribution in [1.82, 2.24) is 4.98 Å². The van der Waals surface area contributed by atoms with Crippen molar-refractivity contribution in [1.29, 1.82) is 0 Å². The Bertz CT molecular complexity index is 1090. The molecule has 0 atom stereocenters. The lowest BCUT2D eigenvalue weighted by atomic mass is 9.98. The van der Waals surface area contributed by atoms with Crippen LogP contribution in [0.3, 0.4) is 0 Å². The van der Waals surface area contributed by atoms with E-state index in [0.717, 1.165) is 18.2 Å². The summed E-state index contributed by atoms with van der Waals surface area (Å²) in [7, 11) is 0. The number of carbonyl (C=O) groups excluding carboxylic acids is 1. The predicted octanol–water partition coefficient (Wildman–Crippen LogP) is 5.12. The van der Waals surface area contributed by atoms with Gasteiger partial charge in [0.1, 0.15) is 28.8 Å². The highest BCUT2D eigenvalue weighted by atomic mass is 19.3. The maximum Gasteiger partial charge on any atom is 0.402 e. The molecule has 1 aliphatic heterocycles. The number of benzene rings is 2. The molecule has 1 aliphatic rings. The van der Waals surface area contributed by atoms with E-state index in [1.165, 1.54) is 12.3 Å². The van der Waals surface area contributed by atoms with Gasteiger partial charge < -0.3 is 10.1 Å². The second-order valence-electron chi connectivity index (χ2n) is 6.67. The first-order valence-electron chi connectivity index (χ1n) is 8.66. The van der Waals surface area contributed by atoms with E-state index in [1.54, 1.807) is 25.1 Å². The van der Waals surface area contributed by atoms with Crippen molar-refractivity contribution in [2.75, 3.05) is 5.32 Å². The summed E-state index contributed by atoms with van der Waals surface area (Å²) >= 11 is 0. The summed E-state index contributed by atoms with van der Waals surface area (Å²) in [5.74, 6) is -2.68. The average Bonchev–Trinajstić information content (AvgIpc) is 2.94. The molecule has 4 rings (SSSR count). The molecule has 29 heavy (non-hydrogen) atoms. The highest BCUT2D eigenvalue weighted by Crippen LogP contribution is 2.40. The molecular weight excluding hydrogens is 388 g/mol. The van der Waals surface area contributed by atoms with Gasteiger partial charge in [-0.2, -0.15) is 8.78 Å². The smallest absolute Gasteiger partial charge is 0.402 e. The number of halogens is 4. The van der Waals surface area contributed by atoms with Crippen LogP contribution in [0.25, 0.3) is 11.1 Å². The van der Waals surface area contributed by atoms with E-state index in [2.05, 4.69) is 15.0 Å². The summed E-state index contributed by atoms with van der Waals surface area (Å²) in [5.41, 5.74) is 1.73. The van der Waals surface area contributed by atoms with E-state index < -0.39 is 35.6 Å². The summed E-state index contributed by atoms with van der Waals surface area (Å²) in [6.45, 7) is 1.76. The molecule has 0 fully saturated rings. The Morgan fingerprint density at radius 1 is 1.14 bits per heavy atom. The minimum absolute atomic E-state index is 0.0927. The number of aromatic nitrogens is 1. The first-order chi connectivity index (χ1) is 13.7. The van der Waals surface area contributed by atoms with Crippen LogP contribution in [0.5, 0.6) is 5.75 Å². The van der Waals surface area contributed by atoms with Crippen molar-refractivity contribution in [2.24, 2.45) is 0 Å². The zero-order valence-electron chi connectivity index (χ0n) is 15.1. The molecule has 1 N–H and O–H groups in total. The average molecular weight is 402 g/mol. The summed E-state index contributed by atoms with van der Waals surface area (Å²) in [6, 6.07) is 9.38. The fourth-order valence-electron chi connectivity index (χ4n) is 3.21. The van der Waals surface area contributed by atoms with Crippen LogP contribution in [-0.2, 0) is 6.42 Å². The van der Waals surface area contributed by atoms with E-state index in [9.17, 15) is 22.4 Å². The molecule has 0 spiro atoms. The Balaban J connectivity index is 1.57. The van der Waals surface area contributed by atoms with Crippen LogP contribution in [0.1, 0.15) is 21.5 Å². The van der Waals surface area contributed by atoms with E-state index in [0.29, 0.717) is 22.3 Å². The number of aryl methyl sites for hydroxylation is 1. The molecule has 4 nitrogen and oxygen atoms in total. The largest absolute Gasteiger partial charge is 0.432 e. The molecule has 8 heteroatoms. The third kappa shape index (κ3) is 3.65. The number of nitrogens with zero attached hydrogens (tertiary/aromatic N) is 1. The quantitative estimate of drug-likeness (QED) is 0.619. The Kier molecular flexibility index (Phi) is 4.49. The first kappa shape index (κ1) is 18.9. The fourth-order valence-corrected chi connectivity index (χ4v) is 3.21. The van der Waals surface area contributed by atoms with Crippen LogP contribution in [0.4, 0.5) is 23.4 Å². The van der Waals surface area contributed by atoms with Crippen LogP contribution in [0.15, 0.2) is 48.7 Å². The summed E-state index contributed by atoms with van der Waals surface area (Å²) in [6.07, 6.45) is -2.29. The van der Waals surface area contributed by atoms with E-state index in [1.807, 2.05) is 0 Å². The number of hydrogen-bond donors (Lipinski definition) is 1. The number of hydrogen-bond acceptors (Lipinski definition) is 3. The van der Waals surface area contributed by atoms with E-state index >= 15 is 0 Å². The highest BCUT2D eigenvalue weighted by Gasteiger charge is 2.40. The van der Waals surface area contributed by atoms with Crippen molar-refractivity contribution in [3.8, 4) is 16.9 Å². The third-order valence-corrected chi connectivity index (χ3v) is 4.57. The molecule has 2 aromatic carbocycles. The molecule has 1 amide bonds. The highest BCUT2D eigenvalue weighted by molar-refractivity contribution is 6.04. The number of ether oxygens (including phenoxy) is 1. The zero-order chi connectivity index (χ0) is 20.8. The Morgan fingerprint density at radius 3 is 2.52 bits per heavy atom. The standard InChI is InChI=1S/C21H14F4N2O2/c1-11-7-17-13(9-21(24,25)29-17)8-14(11)12-5-6-18(26-10-12)27-20(28)19-15(22)3-2-4-16(19)23/h2-8,10H,9H2,1H3,(H,26,27,28). The molecule has 1 aromatic heterocycles. The summed E-state index contributed by atoms with van der Waals surface area (Å²) in [4.78, 5) is 16.2. The molecule has 0 unspecified atom stereocenters. The lowest BCUT2D eigenvalue weighted by molar-refractivity contribution is -0.159.